The third kappa shape index (κ3) is 4.03. The Labute approximate surface area is 190 Å². The molecular weight excluding hydrogens is 422 g/mol. The van der Waals surface area contributed by atoms with Gasteiger partial charge in [-0.05, 0) is 24.6 Å². The third-order valence-electron chi connectivity index (χ3n) is 5.81. The number of ether oxygens (including phenoxy) is 3. The van der Waals surface area contributed by atoms with Gasteiger partial charge in [0, 0.05) is 42.8 Å². The largest absolute Gasteiger partial charge is 0.493 e. The zero-order valence-corrected chi connectivity index (χ0v) is 18.6. The highest BCUT2D eigenvalue weighted by atomic mass is 16.5. The number of hydrogen-bond donors (Lipinski definition) is 1. The van der Waals surface area contributed by atoms with Crippen molar-refractivity contribution < 1.29 is 14.2 Å². The fourth-order valence-corrected chi connectivity index (χ4v) is 4.11. The van der Waals surface area contributed by atoms with Crippen molar-refractivity contribution in [2.75, 3.05) is 45.4 Å². The lowest BCUT2D eigenvalue weighted by Crippen LogP contribution is -2.28. The molecule has 1 aliphatic rings. The first-order chi connectivity index (χ1) is 16.2. The number of aromatic amines is 1. The van der Waals surface area contributed by atoms with Crippen LogP contribution < -0.4 is 19.8 Å². The van der Waals surface area contributed by atoms with Crippen molar-refractivity contribution >= 4 is 16.7 Å². The van der Waals surface area contributed by atoms with E-state index in [1.165, 1.54) is 0 Å². The first kappa shape index (κ1) is 21.0. The predicted molar refractivity (Wildman–Crippen MR) is 126 cm³/mol. The molecule has 2 aromatic carbocycles. The van der Waals surface area contributed by atoms with Gasteiger partial charge in [-0.15, -0.1) is 5.10 Å². The molecule has 0 amide bonds. The summed E-state index contributed by atoms with van der Waals surface area (Å²) in [5, 5.41) is 9.30. The van der Waals surface area contributed by atoms with Crippen LogP contribution >= 0.6 is 0 Å². The number of aromatic nitrogens is 4. The van der Waals surface area contributed by atoms with Crippen LogP contribution in [0.4, 0.5) is 5.82 Å². The Morgan fingerprint density at radius 3 is 2.76 bits per heavy atom. The smallest absolute Gasteiger partial charge is 0.191 e. The van der Waals surface area contributed by atoms with E-state index in [4.69, 9.17) is 14.2 Å². The zero-order valence-electron chi connectivity index (χ0n) is 18.6. The number of nitrogens with zero attached hydrogens (tertiary/aromatic N) is 4. The van der Waals surface area contributed by atoms with Crippen LogP contribution in [0.5, 0.6) is 11.5 Å². The number of fused-ring (bicyclic) bond motifs is 1. The first-order valence-electron chi connectivity index (χ1n) is 10.8. The Kier molecular flexibility index (Phi) is 5.70. The van der Waals surface area contributed by atoms with Gasteiger partial charge in [0.25, 0.3) is 0 Å². The summed E-state index contributed by atoms with van der Waals surface area (Å²) >= 11 is 0. The molecule has 0 spiro atoms. The van der Waals surface area contributed by atoms with Crippen LogP contribution in [0.2, 0.25) is 0 Å². The van der Waals surface area contributed by atoms with E-state index in [0.29, 0.717) is 29.2 Å². The molecule has 0 aliphatic carbocycles. The minimum absolute atomic E-state index is 0.0296. The molecule has 0 unspecified atom stereocenters. The lowest BCUT2D eigenvalue weighted by atomic mass is 10.1. The van der Waals surface area contributed by atoms with E-state index in [0.717, 1.165) is 48.7 Å². The predicted octanol–water partition coefficient (Wildman–Crippen LogP) is 3.02. The van der Waals surface area contributed by atoms with Crippen LogP contribution in [-0.4, -0.2) is 60.5 Å². The summed E-state index contributed by atoms with van der Waals surface area (Å²) in [7, 11) is 3.19. The molecule has 4 aromatic rings. The van der Waals surface area contributed by atoms with Gasteiger partial charge in [0.15, 0.2) is 16.9 Å². The summed E-state index contributed by atoms with van der Waals surface area (Å²) < 4.78 is 17.9. The lowest BCUT2D eigenvalue weighted by molar-refractivity contribution is 0.152. The molecule has 0 saturated carbocycles. The van der Waals surface area contributed by atoms with E-state index < -0.39 is 0 Å². The second-order valence-electron chi connectivity index (χ2n) is 7.79. The van der Waals surface area contributed by atoms with E-state index in [1.807, 2.05) is 42.6 Å². The van der Waals surface area contributed by atoms with Crippen LogP contribution in [0.25, 0.3) is 27.8 Å². The minimum atomic E-state index is -0.0296. The molecule has 1 saturated heterocycles. The van der Waals surface area contributed by atoms with Gasteiger partial charge >= 0.3 is 0 Å². The molecule has 0 bridgehead atoms. The summed E-state index contributed by atoms with van der Waals surface area (Å²) in [5.74, 6) is 2.03. The molecule has 1 fully saturated rings. The number of pyridine rings is 1. The van der Waals surface area contributed by atoms with Gasteiger partial charge in [0.1, 0.15) is 11.5 Å². The quantitative estimate of drug-likeness (QED) is 0.503. The molecule has 5 rings (SSSR count). The monoisotopic (exact) mass is 447 g/mol. The maximum absolute atomic E-state index is 12.9. The van der Waals surface area contributed by atoms with Crippen molar-refractivity contribution in [3.8, 4) is 28.4 Å². The molecule has 170 valence electrons. The molecule has 0 atom stereocenters. The second-order valence-corrected chi connectivity index (χ2v) is 7.79. The summed E-state index contributed by atoms with van der Waals surface area (Å²) in [4.78, 5) is 18.6. The van der Waals surface area contributed by atoms with Gasteiger partial charge in [-0.2, -0.15) is 0 Å². The van der Waals surface area contributed by atoms with E-state index in [9.17, 15) is 4.79 Å². The summed E-state index contributed by atoms with van der Waals surface area (Å²) in [6.07, 6.45) is 2.75. The number of benzene rings is 2. The van der Waals surface area contributed by atoms with Crippen molar-refractivity contribution in [3.63, 3.8) is 0 Å². The van der Waals surface area contributed by atoms with E-state index in [2.05, 4.69) is 20.2 Å². The molecule has 3 heterocycles. The minimum Gasteiger partial charge on any atom is -0.493 e. The fraction of sp³-hybridized carbons (Fsp3) is 0.292. The van der Waals surface area contributed by atoms with Gasteiger partial charge in [0.05, 0.1) is 38.2 Å². The third-order valence-corrected chi connectivity index (χ3v) is 5.81. The molecule has 2 aromatic heterocycles. The summed E-state index contributed by atoms with van der Waals surface area (Å²) in [6.45, 7) is 2.94. The van der Waals surface area contributed by atoms with Crippen molar-refractivity contribution in [1.29, 1.82) is 0 Å². The normalized spacial score (nSPS) is 14.3. The lowest BCUT2D eigenvalue weighted by Gasteiger charge is -2.22. The highest BCUT2D eigenvalue weighted by molar-refractivity contribution is 5.93. The van der Waals surface area contributed by atoms with Crippen LogP contribution in [0.1, 0.15) is 6.42 Å². The van der Waals surface area contributed by atoms with Gasteiger partial charge in [-0.1, -0.05) is 17.3 Å². The van der Waals surface area contributed by atoms with Crippen LogP contribution in [0.15, 0.2) is 53.5 Å². The number of H-pyrrole nitrogens is 1. The molecule has 9 heteroatoms. The fourth-order valence-electron chi connectivity index (χ4n) is 4.11. The van der Waals surface area contributed by atoms with Crippen molar-refractivity contribution in [2.24, 2.45) is 0 Å². The van der Waals surface area contributed by atoms with Gasteiger partial charge in [0.2, 0.25) is 0 Å². The average molecular weight is 447 g/mol. The molecule has 33 heavy (non-hydrogen) atoms. The van der Waals surface area contributed by atoms with Gasteiger partial charge < -0.3 is 24.1 Å². The maximum Gasteiger partial charge on any atom is 0.191 e. The number of para-hydroxylation sites is 1. The number of anilines is 1. The number of rotatable bonds is 5. The van der Waals surface area contributed by atoms with E-state index in [-0.39, 0.29) is 5.43 Å². The summed E-state index contributed by atoms with van der Waals surface area (Å²) in [6, 6.07) is 12.8. The molecule has 1 N–H and O–H groups in total. The Morgan fingerprint density at radius 1 is 1.03 bits per heavy atom. The van der Waals surface area contributed by atoms with Crippen LogP contribution in [0, 0.1) is 0 Å². The van der Waals surface area contributed by atoms with Crippen molar-refractivity contribution in [1.82, 2.24) is 20.0 Å². The average Bonchev–Trinajstić information content (AvgIpc) is 3.18. The molecule has 1 aliphatic heterocycles. The molecule has 0 radical (unpaired) electrons. The highest BCUT2D eigenvalue weighted by Gasteiger charge is 2.16. The number of methoxy groups -OCH3 is 2. The standard InChI is InChI=1S/C24H25N5O4/c1-31-21-8-7-16(13-22(21)32-2)29-15-19(26-27-29)17-5-3-6-18-20(30)14-23(25-24(17)18)28-9-4-11-33-12-10-28/h3,5-8,13-15H,4,9-12H2,1-2H3,(H,25,30). The van der Waals surface area contributed by atoms with Crippen LogP contribution in [-0.2, 0) is 4.74 Å². The zero-order chi connectivity index (χ0) is 22.8. The van der Waals surface area contributed by atoms with Gasteiger partial charge in [-0.25, -0.2) is 4.68 Å². The molecule has 9 nitrogen and oxygen atoms in total. The Balaban J connectivity index is 1.57. The van der Waals surface area contributed by atoms with Crippen molar-refractivity contribution in [2.45, 2.75) is 6.42 Å². The SMILES string of the molecule is COc1ccc(-n2cc(-c3cccc4c(=O)cc(N5CCCOCC5)[nH]c34)nn2)cc1OC. The number of nitrogens with one attached hydrogen (secondary N) is 1. The van der Waals surface area contributed by atoms with Crippen LogP contribution in [0.3, 0.4) is 0 Å². The number of hydrogen-bond acceptors (Lipinski definition) is 7. The second kappa shape index (κ2) is 8.95. The topological polar surface area (TPSA) is 94.5 Å². The maximum atomic E-state index is 12.9. The first-order valence-corrected chi connectivity index (χ1v) is 10.8. The molecular formula is C24H25N5O4. The van der Waals surface area contributed by atoms with Gasteiger partial charge in [-0.3, -0.25) is 4.79 Å². The van der Waals surface area contributed by atoms with E-state index in [1.54, 1.807) is 25.0 Å². The Bertz CT molecular complexity index is 1340. The van der Waals surface area contributed by atoms with Crippen molar-refractivity contribution in [3.05, 3.63) is 58.9 Å². The Hall–Kier alpha value is -3.85. The van der Waals surface area contributed by atoms with E-state index >= 15 is 0 Å². The highest BCUT2D eigenvalue weighted by Crippen LogP contribution is 2.30. The Morgan fingerprint density at radius 2 is 1.91 bits per heavy atom. The summed E-state index contributed by atoms with van der Waals surface area (Å²) in [5.41, 5.74) is 2.96.